The third-order valence-electron chi connectivity index (χ3n) is 2.11. The molecule has 0 atom stereocenters. The predicted molar refractivity (Wildman–Crippen MR) is 61.7 cm³/mol. The van der Waals surface area contributed by atoms with Gasteiger partial charge in [-0.05, 0) is 32.2 Å². The molecule has 4 nitrogen and oxygen atoms in total. The van der Waals surface area contributed by atoms with Gasteiger partial charge in [-0.15, -0.1) is 0 Å². The number of hydrogen-bond donors (Lipinski definition) is 3. The first-order valence-electron chi connectivity index (χ1n) is 5.89. The Morgan fingerprint density at radius 1 is 1.13 bits per heavy atom. The molecule has 0 bridgehead atoms. The smallest absolute Gasteiger partial charge is 0.221 e. The van der Waals surface area contributed by atoms with Gasteiger partial charge in [0.1, 0.15) is 0 Å². The second kappa shape index (κ2) is 11.5. The van der Waals surface area contributed by atoms with Crippen molar-refractivity contribution in [3.63, 3.8) is 0 Å². The van der Waals surface area contributed by atoms with Crippen molar-refractivity contribution in [2.45, 2.75) is 39.0 Å². The number of aliphatic hydroxyl groups excluding tert-OH is 1. The summed E-state index contributed by atoms with van der Waals surface area (Å²) in [6, 6.07) is 0. The van der Waals surface area contributed by atoms with Crippen LogP contribution in [0.15, 0.2) is 0 Å². The number of carbonyl (C=O) groups is 1. The Morgan fingerprint density at radius 3 is 2.60 bits per heavy atom. The van der Waals surface area contributed by atoms with E-state index in [0.717, 1.165) is 45.3 Å². The van der Waals surface area contributed by atoms with Crippen LogP contribution in [0.4, 0.5) is 0 Å². The summed E-state index contributed by atoms with van der Waals surface area (Å²) in [6.07, 6.45) is 4.53. The lowest BCUT2D eigenvalue weighted by Gasteiger charge is -2.05. The zero-order valence-corrected chi connectivity index (χ0v) is 9.72. The highest BCUT2D eigenvalue weighted by atomic mass is 16.2. The van der Waals surface area contributed by atoms with Crippen LogP contribution in [0, 0.1) is 0 Å². The minimum Gasteiger partial charge on any atom is -0.396 e. The molecular weight excluding hydrogens is 192 g/mol. The first kappa shape index (κ1) is 14.4. The lowest BCUT2D eigenvalue weighted by Crippen LogP contribution is -2.28. The van der Waals surface area contributed by atoms with Gasteiger partial charge in [0.05, 0.1) is 0 Å². The van der Waals surface area contributed by atoms with Crippen LogP contribution in [0.5, 0.6) is 0 Å². The van der Waals surface area contributed by atoms with Crippen LogP contribution in [0.3, 0.4) is 0 Å². The maximum absolute atomic E-state index is 11.2. The molecule has 0 aromatic carbocycles. The molecule has 0 fully saturated rings. The minimum absolute atomic E-state index is 0.125. The topological polar surface area (TPSA) is 61.4 Å². The minimum atomic E-state index is 0.125. The molecule has 90 valence electrons. The SMILES string of the molecule is CCCNC(=O)CCNCCCCCO. The normalized spacial score (nSPS) is 10.3. The van der Waals surface area contributed by atoms with Crippen molar-refractivity contribution >= 4 is 5.91 Å². The largest absolute Gasteiger partial charge is 0.396 e. The molecule has 0 aliphatic heterocycles. The van der Waals surface area contributed by atoms with E-state index in [2.05, 4.69) is 10.6 Å². The lowest BCUT2D eigenvalue weighted by molar-refractivity contribution is -0.120. The number of rotatable bonds is 10. The molecule has 0 spiro atoms. The molecule has 0 aliphatic rings. The van der Waals surface area contributed by atoms with Crippen LogP contribution in [-0.2, 0) is 4.79 Å². The molecule has 0 saturated carbocycles. The highest BCUT2D eigenvalue weighted by Crippen LogP contribution is 1.91. The molecule has 0 rings (SSSR count). The summed E-state index contributed by atoms with van der Waals surface area (Å²) in [4.78, 5) is 11.2. The van der Waals surface area contributed by atoms with Crippen molar-refractivity contribution < 1.29 is 9.90 Å². The monoisotopic (exact) mass is 216 g/mol. The highest BCUT2D eigenvalue weighted by Gasteiger charge is 1.98. The van der Waals surface area contributed by atoms with Gasteiger partial charge in [-0.25, -0.2) is 0 Å². The van der Waals surface area contributed by atoms with Crippen LogP contribution in [-0.4, -0.2) is 37.3 Å². The average Bonchev–Trinajstić information content (AvgIpc) is 2.25. The molecule has 1 amide bonds. The van der Waals surface area contributed by atoms with Crippen molar-refractivity contribution in [2.24, 2.45) is 0 Å². The molecule has 4 heteroatoms. The summed E-state index contributed by atoms with van der Waals surface area (Å²) in [7, 11) is 0. The maximum Gasteiger partial charge on any atom is 0.221 e. The van der Waals surface area contributed by atoms with Crippen molar-refractivity contribution in [2.75, 3.05) is 26.2 Å². The number of unbranched alkanes of at least 4 members (excludes halogenated alkanes) is 2. The van der Waals surface area contributed by atoms with Gasteiger partial charge in [-0.1, -0.05) is 6.92 Å². The zero-order chi connectivity index (χ0) is 11.4. The van der Waals surface area contributed by atoms with Crippen LogP contribution < -0.4 is 10.6 Å². The fourth-order valence-corrected chi connectivity index (χ4v) is 1.22. The first-order valence-corrected chi connectivity index (χ1v) is 5.89. The van der Waals surface area contributed by atoms with E-state index in [1.165, 1.54) is 0 Å². The third-order valence-corrected chi connectivity index (χ3v) is 2.11. The number of amides is 1. The van der Waals surface area contributed by atoms with E-state index in [4.69, 9.17) is 5.11 Å². The molecule has 3 N–H and O–H groups in total. The van der Waals surface area contributed by atoms with E-state index in [1.807, 2.05) is 6.92 Å². The first-order chi connectivity index (χ1) is 7.31. The maximum atomic E-state index is 11.2. The predicted octanol–water partition coefficient (Wildman–Crippen LogP) is 0.655. The molecular formula is C11H24N2O2. The summed E-state index contributed by atoms with van der Waals surface area (Å²) in [5.41, 5.74) is 0. The van der Waals surface area contributed by atoms with E-state index < -0.39 is 0 Å². The Hall–Kier alpha value is -0.610. The van der Waals surface area contributed by atoms with Crippen molar-refractivity contribution in [3.8, 4) is 0 Å². The van der Waals surface area contributed by atoms with Gasteiger partial charge in [0.25, 0.3) is 0 Å². The molecule has 0 aliphatic carbocycles. The Kier molecular flexibility index (Phi) is 11.0. The van der Waals surface area contributed by atoms with Crippen molar-refractivity contribution in [3.05, 3.63) is 0 Å². The van der Waals surface area contributed by atoms with Crippen LogP contribution in [0.1, 0.15) is 39.0 Å². The molecule has 0 unspecified atom stereocenters. The molecule has 0 saturated heterocycles. The number of hydrogen-bond acceptors (Lipinski definition) is 3. The number of nitrogens with one attached hydrogen (secondary N) is 2. The molecule has 0 heterocycles. The van der Waals surface area contributed by atoms with E-state index >= 15 is 0 Å². The summed E-state index contributed by atoms with van der Waals surface area (Å²) in [5.74, 6) is 0.125. The Bertz CT molecular complexity index is 152. The van der Waals surface area contributed by atoms with E-state index in [-0.39, 0.29) is 12.5 Å². The van der Waals surface area contributed by atoms with Gasteiger partial charge in [0, 0.05) is 26.1 Å². The number of aliphatic hydroxyl groups is 1. The standard InChI is InChI=1S/C11H24N2O2/c1-2-7-13-11(15)6-9-12-8-4-3-5-10-14/h12,14H,2-10H2,1H3,(H,13,15). The molecule has 0 aromatic rings. The van der Waals surface area contributed by atoms with Gasteiger partial charge < -0.3 is 15.7 Å². The van der Waals surface area contributed by atoms with Crippen molar-refractivity contribution in [1.82, 2.24) is 10.6 Å². The van der Waals surface area contributed by atoms with Gasteiger partial charge in [-0.3, -0.25) is 4.79 Å². The van der Waals surface area contributed by atoms with E-state index in [1.54, 1.807) is 0 Å². The van der Waals surface area contributed by atoms with Crippen molar-refractivity contribution in [1.29, 1.82) is 0 Å². The van der Waals surface area contributed by atoms with Crippen LogP contribution in [0.2, 0.25) is 0 Å². The summed E-state index contributed by atoms with van der Waals surface area (Å²) >= 11 is 0. The number of carbonyl (C=O) groups excluding carboxylic acids is 1. The molecule has 15 heavy (non-hydrogen) atoms. The van der Waals surface area contributed by atoms with Gasteiger partial charge in [0.15, 0.2) is 0 Å². The Balaban J connectivity index is 3.06. The van der Waals surface area contributed by atoms with Crippen LogP contribution >= 0.6 is 0 Å². The lowest BCUT2D eigenvalue weighted by atomic mass is 10.2. The Labute approximate surface area is 92.4 Å². The van der Waals surface area contributed by atoms with Gasteiger partial charge in [-0.2, -0.15) is 0 Å². The second-order valence-electron chi connectivity index (χ2n) is 3.63. The Morgan fingerprint density at radius 2 is 1.93 bits per heavy atom. The molecule has 0 aromatic heterocycles. The fourth-order valence-electron chi connectivity index (χ4n) is 1.22. The summed E-state index contributed by atoms with van der Waals surface area (Å²) < 4.78 is 0. The van der Waals surface area contributed by atoms with Gasteiger partial charge in [0.2, 0.25) is 5.91 Å². The third kappa shape index (κ3) is 11.3. The fraction of sp³-hybridized carbons (Fsp3) is 0.909. The van der Waals surface area contributed by atoms with Gasteiger partial charge >= 0.3 is 0 Å². The molecule has 0 radical (unpaired) electrons. The van der Waals surface area contributed by atoms with E-state index in [0.29, 0.717) is 6.42 Å². The average molecular weight is 216 g/mol. The summed E-state index contributed by atoms with van der Waals surface area (Å²) in [6.45, 7) is 4.77. The summed E-state index contributed by atoms with van der Waals surface area (Å²) in [5, 5.41) is 14.6. The zero-order valence-electron chi connectivity index (χ0n) is 9.72. The van der Waals surface area contributed by atoms with Crippen LogP contribution in [0.25, 0.3) is 0 Å². The quantitative estimate of drug-likeness (QED) is 0.470. The second-order valence-corrected chi connectivity index (χ2v) is 3.63. The van der Waals surface area contributed by atoms with E-state index in [9.17, 15) is 4.79 Å². The highest BCUT2D eigenvalue weighted by molar-refractivity contribution is 5.75.